The van der Waals surface area contributed by atoms with Gasteiger partial charge in [-0.3, -0.25) is 4.90 Å². The van der Waals surface area contributed by atoms with E-state index in [0.29, 0.717) is 18.0 Å². The second-order valence-corrected chi connectivity index (χ2v) is 4.85. The number of hydrogen-bond donors (Lipinski definition) is 1. The summed E-state index contributed by atoms with van der Waals surface area (Å²) in [5, 5.41) is 0. The molecule has 19 heavy (non-hydrogen) atoms. The largest absolute Gasteiger partial charge is 0.493 e. The van der Waals surface area contributed by atoms with Gasteiger partial charge in [0.05, 0.1) is 7.11 Å². The summed E-state index contributed by atoms with van der Waals surface area (Å²) in [6.07, 6.45) is 2.20. The van der Waals surface area contributed by atoms with E-state index >= 15 is 0 Å². The maximum absolute atomic E-state index is 5.77. The summed E-state index contributed by atoms with van der Waals surface area (Å²) in [4.78, 5) is 2.40. The molecule has 1 aromatic rings. The van der Waals surface area contributed by atoms with Crippen molar-refractivity contribution < 1.29 is 9.47 Å². The normalized spacial score (nSPS) is 16.4. The number of rotatable bonds is 5. The van der Waals surface area contributed by atoms with Crippen molar-refractivity contribution in [1.82, 2.24) is 4.90 Å². The number of nitrogens with zero attached hydrogens (tertiary/aromatic N) is 1. The molecule has 1 aliphatic heterocycles. The van der Waals surface area contributed by atoms with Gasteiger partial charge in [0.1, 0.15) is 6.61 Å². The molecular formula is C15H22N2O2. The lowest BCUT2D eigenvalue weighted by atomic mass is 10.1. The smallest absolute Gasteiger partial charge is 0.163 e. The maximum Gasteiger partial charge on any atom is 0.163 e. The van der Waals surface area contributed by atoms with Crippen molar-refractivity contribution in [2.75, 3.05) is 39.1 Å². The minimum Gasteiger partial charge on any atom is -0.493 e. The van der Waals surface area contributed by atoms with Crippen LogP contribution in [-0.4, -0.2) is 38.3 Å². The summed E-state index contributed by atoms with van der Waals surface area (Å²) in [6.45, 7) is 7.75. The Labute approximate surface area is 114 Å². The number of nitrogens with two attached hydrogens (primary N) is 1. The molecule has 1 saturated heterocycles. The summed E-state index contributed by atoms with van der Waals surface area (Å²) in [5.74, 6) is 1.44. The van der Waals surface area contributed by atoms with Crippen molar-refractivity contribution in [1.29, 1.82) is 0 Å². The van der Waals surface area contributed by atoms with E-state index in [1.165, 1.54) is 5.57 Å². The van der Waals surface area contributed by atoms with Crippen LogP contribution in [0, 0.1) is 0 Å². The highest BCUT2D eigenvalue weighted by Gasteiger charge is 2.12. The Morgan fingerprint density at radius 1 is 1.26 bits per heavy atom. The van der Waals surface area contributed by atoms with Crippen LogP contribution >= 0.6 is 0 Å². The van der Waals surface area contributed by atoms with E-state index in [0.717, 1.165) is 38.2 Å². The van der Waals surface area contributed by atoms with Gasteiger partial charge in [-0.15, -0.1) is 0 Å². The Morgan fingerprint density at radius 2 is 2.00 bits per heavy atom. The molecule has 0 bridgehead atoms. The minimum absolute atomic E-state index is 0.645. The SMILES string of the molecule is C=C1CCN(CCOc2cc(N)ccc2OC)CC1. The van der Waals surface area contributed by atoms with Gasteiger partial charge in [-0.25, -0.2) is 0 Å². The van der Waals surface area contributed by atoms with Crippen LogP contribution in [0.15, 0.2) is 30.4 Å². The van der Waals surface area contributed by atoms with Crippen molar-refractivity contribution in [3.05, 3.63) is 30.4 Å². The summed E-state index contributed by atoms with van der Waals surface area (Å²) < 4.78 is 11.0. The molecule has 1 aliphatic rings. The molecule has 4 nitrogen and oxygen atoms in total. The summed E-state index contributed by atoms with van der Waals surface area (Å²) in [6, 6.07) is 5.44. The average Bonchev–Trinajstić information content (AvgIpc) is 2.41. The molecule has 0 atom stereocenters. The summed E-state index contributed by atoms with van der Waals surface area (Å²) >= 11 is 0. The molecule has 0 amide bonds. The van der Waals surface area contributed by atoms with E-state index in [-0.39, 0.29) is 0 Å². The van der Waals surface area contributed by atoms with Gasteiger partial charge in [-0.1, -0.05) is 12.2 Å². The first-order valence-electron chi connectivity index (χ1n) is 6.64. The van der Waals surface area contributed by atoms with E-state index in [1.54, 1.807) is 13.2 Å². The predicted octanol–water partition coefficient (Wildman–Crippen LogP) is 2.31. The number of piperidine rings is 1. The van der Waals surface area contributed by atoms with Gasteiger partial charge in [0.2, 0.25) is 0 Å². The molecule has 1 heterocycles. The van der Waals surface area contributed by atoms with E-state index in [9.17, 15) is 0 Å². The molecule has 0 aliphatic carbocycles. The highest BCUT2D eigenvalue weighted by Crippen LogP contribution is 2.28. The number of likely N-dealkylation sites (tertiary alicyclic amines) is 1. The van der Waals surface area contributed by atoms with Gasteiger partial charge in [-0.2, -0.15) is 0 Å². The maximum atomic E-state index is 5.77. The fraction of sp³-hybridized carbons (Fsp3) is 0.467. The lowest BCUT2D eigenvalue weighted by Crippen LogP contribution is -2.34. The first kappa shape index (κ1) is 13.7. The summed E-state index contributed by atoms with van der Waals surface area (Å²) in [7, 11) is 1.63. The third kappa shape index (κ3) is 3.89. The number of anilines is 1. The molecule has 0 aromatic heterocycles. The van der Waals surface area contributed by atoms with Crippen molar-refractivity contribution in [3.63, 3.8) is 0 Å². The molecule has 1 aromatic carbocycles. The van der Waals surface area contributed by atoms with Crippen LogP contribution in [0.4, 0.5) is 5.69 Å². The van der Waals surface area contributed by atoms with Gasteiger partial charge in [0, 0.05) is 31.4 Å². The molecule has 2 N–H and O–H groups in total. The zero-order valence-corrected chi connectivity index (χ0v) is 11.5. The molecular weight excluding hydrogens is 240 g/mol. The molecule has 1 fully saturated rings. The van der Waals surface area contributed by atoms with Crippen LogP contribution in [0.25, 0.3) is 0 Å². The Morgan fingerprint density at radius 3 is 2.68 bits per heavy atom. The monoisotopic (exact) mass is 262 g/mol. The third-order valence-electron chi connectivity index (χ3n) is 3.42. The Hall–Kier alpha value is -1.68. The van der Waals surface area contributed by atoms with E-state index in [2.05, 4.69) is 11.5 Å². The highest BCUT2D eigenvalue weighted by molar-refractivity contribution is 5.51. The number of nitrogen functional groups attached to an aromatic ring is 1. The standard InChI is InChI=1S/C15H22N2O2/c1-12-5-7-17(8-6-12)9-10-19-15-11-13(16)3-4-14(15)18-2/h3-4,11H,1,5-10,16H2,2H3. The van der Waals surface area contributed by atoms with Crippen LogP contribution in [0.3, 0.4) is 0 Å². The number of hydrogen-bond acceptors (Lipinski definition) is 4. The zero-order chi connectivity index (χ0) is 13.7. The fourth-order valence-corrected chi connectivity index (χ4v) is 2.18. The van der Waals surface area contributed by atoms with Crippen molar-refractivity contribution in [2.24, 2.45) is 0 Å². The van der Waals surface area contributed by atoms with Gasteiger partial charge < -0.3 is 15.2 Å². The number of ether oxygens (including phenoxy) is 2. The Balaban J connectivity index is 1.82. The van der Waals surface area contributed by atoms with Crippen molar-refractivity contribution in [2.45, 2.75) is 12.8 Å². The number of benzene rings is 1. The Kier molecular flexibility index (Phi) is 4.68. The van der Waals surface area contributed by atoms with Gasteiger partial charge in [0.25, 0.3) is 0 Å². The number of methoxy groups -OCH3 is 1. The van der Waals surface area contributed by atoms with Crippen LogP contribution in [0.1, 0.15) is 12.8 Å². The average molecular weight is 262 g/mol. The van der Waals surface area contributed by atoms with Crippen molar-refractivity contribution >= 4 is 5.69 Å². The highest BCUT2D eigenvalue weighted by atomic mass is 16.5. The molecule has 0 spiro atoms. The van der Waals surface area contributed by atoms with Crippen LogP contribution in [-0.2, 0) is 0 Å². The molecule has 104 valence electrons. The second-order valence-electron chi connectivity index (χ2n) is 4.85. The summed E-state index contributed by atoms with van der Waals surface area (Å²) in [5.41, 5.74) is 7.80. The quantitative estimate of drug-likeness (QED) is 0.653. The van der Waals surface area contributed by atoms with Gasteiger partial charge >= 0.3 is 0 Å². The van der Waals surface area contributed by atoms with Crippen molar-refractivity contribution in [3.8, 4) is 11.5 Å². The molecule has 2 rings (SSSR count). The lowest BCUT2D eigenvalue weighted by Gasteiger charge is -2.27. The van der Waals surface area contributed by atoms with Crippen LogP contribution < -0.4 is 15.2 Å². The molecule has 0 saturated carbocycles. The van der Waals surface area contributed by atoms with Crippen LogP contribution in [0.5, 0.6) is 11.5 Å². The zero-order valence-electron chi connectivity index (χ0n) is 11.5. The molecule has 0 radical (unpaired) electrons. The molecule has 0 unspecified atom stereocenters. The van der Waals surface area contributed by atoms with E-state index in [4.69, 9.17) is 15.2 Å². The topological polar surface area (TPSA) is 47.7 Å². The van der Waals surface area contributed by atoms with Crippen LogP contribution in [0.2, 0.25) is 0 Å². The van der Waals surface area contributed by atoms with E-state index < -0.39 is 0 Å². The molecule has 4 heteroatoms. The Bertz CT molecular complexity index is 436. The minimum atomic E-state index is 0.645. The first-order chi connectivity index (χ1) is 9.19. The first-order valence-corrected chi connectivity index (χ1v) is 6.64. The fourth-order valence-electron chi connectivity index (χ4n) is 2.18. The second kappa shape index (κ2) is 6.48. The lowest BCUT2D eigenvalue weighted by molar-refractivity contribution is 0.195. The third-order valence-corrected chi connectivity index (χ3v) is 3.42. The van der Waals surface area contributed by atoms with Gasteiger partial charge in [0.15, 0.2) is 11.5 Å². The van der Waals surface area contributed by atoms with Gasteiger partial charge in [-0.05, 0) is 25.0 Å². The van der Waals surface area contributed by atoms with E-state index in [1.807, 2.05) is 12.1 Å². The predicted molar refractivity (Wildman–Crippen MR) is 77.7 cm³/mol.